The van der Waals surface area contributed by atoms with Crippen LogP contribution in [0.15, 0.2) is 112 Å². The lowest BCUT2D eigenvalue weighted by atomic mass is 10.0. The third-order valence-corrected chi connectivity index (χ3v) is 9.07. The van der Waals surface area contributed by atoms with Crippen molar-refractivity contribution >= 4 is 74.0 Å². The van der Waals surface area contributed by atoms with Crippen LogP contribution in [0, 0.1) is 0 Å². The zero-order valence-electron chi connectivity index (χ0n) is 24.4. The van der Waals surface area contributed by atoms with Gasteiger partial charge in [-0.3, -0.25) is 9.59 Å². The third kappa shape index (κ3) is 5.75. The Labute approximate surface area is 296 Å². The molecule has 4 N–H and O–H groups in total. The minimum atomic E-state index is -0.392. The summed E-state index contributed by atoms with van der Waals surface area (Å²) in [5.41, 5.74) is 6.54. The van der Waals surface area contributed by atoms with Crippen molar-refractivity contribution in [1.82, 2.24) is 9.97 Å². The van der Waals surface area contributed by atoms with E-state index in [0.717, 1.165) is 21.2 Å². The molecular formula is C36H20BrCl3N4O4. The van der Waals surface area contributed by atoms with Gasteiger partial charge >= 0.3 is 0 Å². The molecule has 0 aliphatic carbocycles. The van der Waals surface area contributed by atoms with Gasteiger partial charge in [-0.2, -0.15) is 0 Å². The first-order chi connectivity index (χ1) is 23.1. The van der Waals surface area contributed by atoms with Gasteiger partial charge in [0, 0.05) is 30.7 Å². The summed E-state index contributed by atoms with van der Waals surface area (Å²) in [7, 11) is 0. The highest BCUT2D eigenvalue weighted by Gasteiger charge is 2.34. The van der Waals surface area contributed by atoms with E-state index in [-0.39, 0.29) is 17.7 Å². The predicted octanol–water partition coefficient (Wildman–Crippen LogP) is 9.48. The molecule has 48 heavy (non-hydrogen) atoms. The lowest BCUT2D eigenvalue weighted by Crippen LogP contribution is -1.99. The summed E-state index contributed by atoms with van der Waals surface area (Å²) in [6.07, 6.45) is 0. The first kappa shape index (κ1) is 31.7. The van der Waals surface area contributed by atoms with E-state index in [1.165, 1.54) is 0 Å². The zero-order valence-corrected chi connectivity index (χ0v) is 28.2. The average Bonchev–Trinajstić information content (AvgIpc) is 3.81. The van der Waals surface area contributed by atoms with Gasteiger partial charge in [-0.25, -0.2) is 9.98 Å². The Morgan fingerprint density at radius 1 is 0.479 bits per heavy atom. The van der Waals surface area contributed by atoms with Crippen LogP contribution in [-0.2, 0) is 0 Å². The van der Waals surface area contributed by atoms with Gasteiger partial charge in [0.05, 0.1) is 45.1 Å². The van der Waals surface area contributed by atoms with E-state index < -0.39 is 5.91 Å². The monoisotopic (exact) mass is 756 g/mol. The van der Waals surface area contributed by atoms with Gasteiger partial charge in [0.2, 0.25) is 0 Å². The molecule has 236 valence electrons. The number of aromatic amines is 2. The Morgan fingerprint density at radius 2 is 0.792 bits per heavy atom. The number of carbonyl (C=O) groups excluding carboxylic acids is 2. The number of halogens is 4. The van der Waals surface area contributed by atoms with E-state index in [1.807, 2.05) is 24.3 Å². The topological polar surface area (TPSA) is 131 Å². The number of aromatic nitrogens is 2. The molecule has 0 unspecified atom stereocenters. The largest absolute Gasteiger partial charge is 0.494 e. The van der Waals surface area contributed by atoms with E-state index in [2.05, 4.69) is 35.9 Å². The number of nitrogens with zero attached hydrogens (tertiary/aromatic N) is 2. The van der Waals surface area contributed by atoms with Crippen LogP contribution < -0.4 is 0 Å². The highest BCUT2D eigenvalue weighted by molar-refractivity contribution is 9.10. The molecule has 0 radical (unpaired) electrons. The van der Waals surface area contributed by atoms with Gasteiger partial charge in [-0.15, -0.1) is 0 Å². The van der Waals surface area contributed by atoms with Crippen molar-refractivity contribution in [1.29, 1.82) is 0 Å². The maximum atomic E-state index is 12.4. The number of nitrogens with one attached hydrogen (secondary N) is 2. The number of hydrogen-bond donors (Lipinski definition) is 4. The number of rotatable bonds is 4. The van der Waals surface area contributed by atoms with E-state index in [0.29, 0.717) is 65.7 Å². The van der Waals surface area contributed by atoms with Crippen molar-refractivity contribution < 1.29 is 19.8 Å². The van der Waals surface area contributed by atoms with Crippen molar-refractivity contribution in [2.75, 3.05) is 0 Å². The Kier molecular flexibility index (Phi) is 8.30. The summed E-state index contributed by atoms with van der Waals surface area (Å²) >= 11 is 21.1. The number of fused-ring (bicyclic) bond motifs is 2. The van der Waals surface area contributed by atoms with E-state index in [1.54, 1.807) is 72.8 Å². The Morgan fingerprint density at radius 3 is 1.15 bits per heavy atom. The maximum absolute atomic E-state index is 12.4. The molecule has 8 rings (SSSR count). The van der Waals surface area contributed by atoms with Crippen LogP contribution >= 0.6 is 50.7 Å². The van der Waals surface area contributed by atoms with Crippen LogP contribution in [0.2, 0.25) is 15.1 Å². The van der Waals surface area contributed by atoms with Crippen LogP contribution in [0.1, 0.15) is 43.0 Å². The molecule has 0 saturated heterocycles. The number of amides is 2. The van der Waals surface area contributed by atoms with Gasteiger partial charge < -0.3 is 20.2 Å². The summed E-state index contributed by atoms with van der Waals surface area (Å²) in [5, 5.41) is 22.5. The maximum Gasteiger partial charge on any atom is 0.280 e. The second-order valence-electron chi connectivity index (χ2n) is 10.8. The molecule has 12 heteroatoms. The van der Waals surface area contributed by atoms with Crippen LogP contribution in [-0.4, -0.2) is 43.4 Å². The average molecular weight is 759 g/mol. The van der Waals surface area contributed by atoms with E-state index >= 15 is 0 Å². The molecule has 4 aromatic carbocycles. The molecule has 6 aromatic rings. The molecule has 4 heterocycles. The van der Waals surface area contributed by atoms with Gasteiger partial charge in [0.25, 0.3) is 11.8 Å². The molecule has 0 atom stereocenters. The molecule has 8 nitrogen and oxygen atoms in total. The van der Waals surface area contributed by atoms with Crippen molar-refractivity contribution in [3.8, 4) is 34.3 Å². The molecule has 2 aliphatic heterocycles. The normalized spacial score (nSPS) is 13.1. The Hall–Kier alpha value is -4.93. The summed E-state index contributed by atoms with van der Waals surface area (Å²) in [5.74, 6) is -0.919. The highest BCUT2D eigenvalue weighted by Crippen LogP contribution is 2.39. The first-order valence-electron chi connectivity index (χ1n) is 14.3. The molecule has 2 aromatic heterocycles. The number of H-pyrrole nitrogens is 2. The molecule has 0 bridgehead atoms. The summed E-state index contributed by atoms with van der Waals surface area (Å²) < 4.78 is 0.933. The second-order valence-corrected chi connectivity index (χ2v) is 13.0. The molecule has 2 amide bonds. The molecule has 0 saturated carbocycles. The van der Waals surface area contributed by atoms with E-state index in [9.17, 15) is 19.8 Å². The lowest BCUT2D eigenvalue weighted by Gasteiger charge is -2.01. The standard InChI is InChI=1S/C18H10BrClN2O2.C18H10Cl2N2O2/c2*19-11-5-1-9(2-6-11)15-13-14(18(24)21-15)16(22-17(13)23)10-3-7-12(20)8-4-10/h2*1-8,21,24H. The van der Waals surface area contributed by atoms with Crippen molar-refractivity contribution in [2.45, 2.75) is 0 Å². The van der Waals surface area contributed by atoms with Gasteiger partial charge in [0.1, 0.15) is 0 Å². The van der Waals surface area contributed by atoms with Crippen molar-refractivity contribution in [2.24, 2.45) is 9.98 Å². The number of carbonyl (C=O) groups is 2. The smallest absolute Gasteiger partial charge is 0.280 e. The number of aromatic hydroxyl groups is 2. The molecule has 0 spiro atoms. The lowest BCUT2D eigenvalue weighted by molar-refractivity contribution is 0.0998. The number of aliphatic imine (C=N–C) groups is 2. The van der Waals surface area contributed by atoms with Crippen LogP contribution in [0.5, 0.6) is 11.8 Å². The fourth-order valence-electron chi connectivity index (χ4n) is 5.59. The summed E-state index contributed by atoms with van der Waals surface area (Å²) in [4.78, 5) is 38.9. The number of benzene rings is 4. The quantitative estimate of drug-likeness (QED) is 0.143. The van der Waals surface area contributed by atoms with Gasteiger partial charge in [-0.1, -0.05) is 99.3 Å². The minimum Gasteiger partial charge on any atom is -0.494 e. The molecule has 0 fully saturated rings. The Bertz CT molecular complexity index is 2140. The van der Waals surface area contributed by atoms with Gasteiger partial charge in [0.15, 0.2) is 11.8 Å². The fourth-order valence-corrected chi connectivity index (χ4v) is 6.23. The van der Waals surface area contributed by atoms with Crippen LogP contribution in [0.4, 0.5) is 0 Å². The van der Waals surface area contributed by atoms with Gasteiger partial charge in [-0.05, 0) is 59.7 Å². The van der Waals surface area contributed by atoms with Crippen LogP contribution in [0.3, 0.4) is 0 Å². The fraction of sp³-hybridized carbons (Fsp3) is 0. The second kappa shape index (κ2) is 12.6. The number of hydrogen-bond acceptors (Lipinski definition) is 4. The zero-order chi connectivity index (χ0) is 33.7. The van der Waals surface area contributed by atoms with Crippen LogP contribution in [0.25, 0.3) is 22.5 Å². The summed E-state index contributed by atoms with van der Waals surface area (Å²) in [6, 6.07) is 28.4. The SMILES string of the molecule is O=C1N=C(c2ccc(Cl)cc2)c2c(O)[nH]c(-c3ccc(Br)cc3)c21.O=C1N=C(c2ccc(Cl)cc2)c2c(O)[nH]c(-c3ccc(Cl)cc3)c21. The first-order valence-corrected chi connectivity index (χ1v) is 16.2. The highest BCUT2D eigenvalue weighted by atomic mass is 79.9. The summed E-state index contributed by atoms with van der Waals surface area (Å²) in [6.45, 7) is 0. The Balaban J connectivity index is 0.000000152. The predicted molar refractivity (Wildman–Crippen MR) is 191 cm³/mol. The molecular weight excluding hydrogens is 739 g/mol. The van der Waals surface area contributed by atoms with Crippen molar-refractivity contribution in [3.05, 3.63) is 150 Å². The third-order valence-electron chi connectivity index (χ3n) is 7.79. The van der Waals surface area contributed by atoms with E-state index in [4.69, 9.17) is 34.8 Å². The molecule has 2 aliphatic rings. The van der Waals surface area contributed by atoms with Crippen molar-refractivity contribution in [3.63, 3.8) is 0 Å². The minimum absolute atomic E-state index is 0.0672.